The summed E-state index contributed by atoms with van der Waals surface area (Å²) in [6.45, 7) is 7.67. The van der Waals surface area contributed by atoms with E-state index in [0.717, 1.165) is 32.1 Å². The largest absolute Gasteiger partial charge is 0.388 e. The molecular weight excluding hydrogens is 240 g/mol. The van der Waals surface area contributed by atoms with Crippen LogP contribution in [-0.4, -0.2) is 29.7 Å². The van der Waals surface area contributed by atoms with Crippen molar-refractivity contribution in [1.82, 2.24) is 5.32 Å². The molecule has 1 saturated carbocycles. The van der Waals surface area contributed by atoms with Crippen LogP contribution in [0.15, 0.2) is 0 Å². The number of nitrogens with two attached hydrogens (primary N) is 1. The minimum atomic E-state index is -0.629. The fourth-order valence-electron chi connectivity index (χ4n) is 2.63. The number of nitrogens with one attached hydrogen (secondary N) is 1. The SMILES string of the molecule is CC(C)(C)C(CCN)CCC(=O)NCC1(O)CCC1. The Morgan fingerprint density at radius 3 is 2.42 bits per heavy atom. The lowest BCUT2D eigenvalue weighted by atomic mass is 9.76. The maximum absolute atomic E-state index is 11.8. The van der Waals surface area contributed by atoms with Crippen molar-refractivity contribution in [2.24, 2.45) is 17.1 Å². The van der Waals surface area contributed by atoms with Crippen molar-refractivity contribution in [1.29, 1.82) is 0 Å². The van der Waals surface area contributed by atoms with Crippen LogP contribution in [0.4, 0.5) is 0 Å². The molecule has 1 rings (SSSR count). The molecule has 4 nitrogen and oxygen atoms in total. The first-order chi connectivity index (χ1) is 8.77. The Bertz CT molecular complexity index is 293. The summed E-state index contributed by atoms with van der Waals surface area (Å²) in [6, 6.07) is 0. The Balaban J connectivity index is 2.27. The molecule has 0 bridgehead atoms. The second-order valence-electron chi connectivity index (χ2n) is 7.03. The number of hydrogen-bond donors (Lipinski definition) is 3. The van der Waals surface area contributed by atoms with Gasteiger partial charge in [0.05, 0.1) is 5.60 Å². The van der Waals surface area contributed by atoms with Gasteiger partial charge < -0.3 is 16.2 Å². The molecule has 0 saturated heterocycles. The highest BCUT2D eigenvalue weighted by molar-refractivity contribution is 5.75. The molecule has 0 spiro atoms. The lowest BCUT2D eigenvalue weighted by molar-refractivity contribution is -0.124. The average molecular weight is 270 g/mol. The van der Waals surface area contributed by atoms with E-state index in [1.807, 2.05) is 0 Å². The van der Waals surface area contributed by atoms with E-state index in [-0.39, 0.29) is 11.3 Å². The molecule has 4 N–H and O–H groups in total. The topological polar surface area (TPSA) is 75.4 Å². The van der Waals surface area contributed by atoms with Crippen LogP contribution < -0.4 is 11.1 Å². The van der Waals surface area contributed by atoms with Crippen molar-refractivity contribution in [3.8, 4) is 0 Å². The van der Waals surface area contributed by atoms with Gasteiger partial charge in [-0.3, -0.25) is 4.79 Å². The number of carbonyl (C=O) groups is 1. The molecule has 0 aromatic carbocycles. The summed E-state index contributed by atoms with van der Waals surface area (Å²) in [5.74, 6) is 0.515. The predicted octanol–water partition coefficient (Wildman–Crippen LogP) is 1.81. The predicted molar refractivity (Wildman–Crippen MR) is 77.7 cm³/mol. The van der Waals surface area contributed by atoms with Crippen molar-refractivity contribution < 1.29 is 9.90 Å². The fourth-order valence-corrected chi connectivity index (χ4v) is 2.63. The lowest BCUT2D eigenvalue weighted by Crippen LogP contribution is -2.47. The third-order valence-corrected chi connectivity index (χ3v) is 4.36. The van der Waals surface area contributed by atoms with Crippen molar-refractivity contribution in [3.05, 3.63) is 0 Å². The molecular formula is C15H30N2O2. The van der Waals surface area contributed by atoms with Gasteiger partial charge in [0.25, 0.3) is 0 Å². The normalized spacial score (nSPS) is 19.6. The smallest absolute Gasteiger partial charge is 0.220 e. The van der Waals surface area contributed by atoms with Gasteiger partial charge >= 0.3 is 0 Å². The van der Waals surface area contributed by atoms with Gasteiger partial charge in [0, 0.05) is 13.0 Å². The molecule has 1 aliphatic rings. The number of rotatable bonds is 7. The fraction of sp³-hybridized carbons (Fsp3) is 0.933. The van der Waals surface area contributed by atoms with Crippen LogP contribution in [-0.2, 0) is 4.79 Å². The van der Waals surface area contributed by atoms with Crippen LogP contribution in [0, 0.1) is 11.3 Å². The van der Waals surface area contributed by atoms with Gasteiger partial charge in [0.1, 0.15) is 0 Å². The second kappa shape index (κ2) is 6.71. The van der Waals surface area contributed by atoms with E-state index in [1.54, 1.807) is 0 Å². The zero-order chi connectivity index (χ0) is 14.5. The molecule has 19 heavy (non-hydrogen) atoms. The van der Waals surface area contributed by atoms with E-state index >= 15 is 0 Å². The van der Waals surface area contributed by atoms with Gasteiger partial charge in [-0.15, -0.1) is 0 Å². The molecule has 0 aromatic rings. The Morgan fingerprint density at radius 1 is 1.37 bits per heavy atom. The van der Waals surface area contributed by atoms with E-state index in [1.165, 1.54) is 0 Å². The second-order valence-corrected chi connectivity index (χ2v) is 7.03. The minimum absolute atomic E-state index is 0.0478. The van der Waals surface area contributed by atoms with Crippen LogP contribution in [0.2, 0.25) is 0 Å². The van der Waals surface area contributed by atoms with Crippen LogP contribution >= 0.6 is 0 Å². The van der Waals surface area contributed by atoms with Gasteiger partial charge in [0.2, 0.25) is 5.91 Å². The van der Waals surface area contributed by atoms with Crippen molar-refractivity contribution in [3.63, 3.8) is 0 Å². The van der Waals surface area contributed by atoms with E-state index in [0.29, 0.717) is 25.4 Å². The third kappa shape index (κ3) is 5.49. The molecule has 1 fully saturated rings. The Labute approximate surface area is 117 Å². The van der Waals surface area contributed by atoms with Crippen LogP contribution in [0.3, 0.4) is 0 Å². The van der Waals surface area contributed by atoms with Gasteiger partial charge in [-0.05, 0) is 50.0 Å². The highest BCUT2D eigenvalue weighted by atomic mass is 16.3. The molecule has 0 aromatic heterocycles. The number of aliphatic hydroxyl groups is 1. The number of hydrogen-bond acceptors (Lipinski definition) is 3. The minimum Gasteiger partial charge on any atom is -0.388 e. The quantitative estimate of drug-likeness (QED) is 0.660. The molecule has 1 atom stereocenters. The molecule has 0 aliphatic heterocycles. The van der Waals surface area contributed by atoms with E-state index in [2.05, 4.69) is 26.1 Å². The Kier molecular flexibility index (Phi) is 5.81. The first kappa shape index (κ1) is 16.4. The van der Waals surface area contributed by atoms with Crippen molar-refractivity contribution in [2.75, 3.05) is 13.1 Å². The van der Waals surface area contributed by atoms with Gasteiger partial charge in [-0.2, -0.15) is 0 Å². The lowest BCUT2D eigenvalue weighted by Gasteiger charge is -2.36. The summed E-state index contributed by atoms with van der Waals surface area (Å²) in [6.07, 6.45) is 5.04. The first-order valence-corrected chi connectivity index (χ1v) is 7.46. The van der Waals surface area contributed by atoms with Gasteiger partial charge in [-0.25, -0.2) is 0 Å². The summed E-state index contributed by atoms with van der Waals surface area (Å²) in [7, 11) is 0. The summed E-state index contributed by atoms with van der Waals surface area (Å²) in [5, 5.41) is 12.8. The molecule has 1 aliphatic carbocycles. The van der Waals surface area contributed by atoms with E-state index in [9.17, 15) is 9.90 Å². The van der Waals surface area contributed by atoms with Crippen molar-refractivity contribution >= 4 is 5.91 Å². The molecule has 0 heterocycles. The zero-order valence-corrected chi connectivity index (χ0v) is 12.7. The molecule has 1 amide bonds. The number of carbonyl (C=O) groups excluding carboxylic acids is 1. The van der Waals surface area contributed by atoms with Crippen LogP contribution in [0.25, 0.3) is 0 Å². The molecule has 0 radical (unpaired) electrons. The van der Waals surface area contributed by atoms with E-state index in [4.69, 9.17) is 5.73 Å². The van der Waals surface area contributed by atoms with Gasteiger partial charge in [0.15, 0.2) is 0 Å². The maximum atomic E-state index is 11.8. The summed E-state index contributed by atoms with van der Waals surface area (Å²) in [4.78, 5) is 11.8. The van der Waals surface area contributed by atoms with E-state index < -0.39 is 5.60 Å². The Hall–Kier alpha value is -0.610. The average Bonchev–Trinajstić information content (AvgIpc) is 2.27. The highest BCUT2D eigenvalue weighted by Crippen LogP contribution is 2.32. The molecule has 1 unspecified atom stereocenters. The first-order valence-electron chi connectivity index (χ1n) is 7.46. The molecule has 4 heteroatoms. The van der Waals surface area contributed by atoms with Crippen LogP contribution in [0.5, 0.6) is 0 Å². The maximum Gasteiger partial charge on any atom is 0.220 e. The number of amides is 1. The standard InChI is InChI=1S/C15H30N2O2/c1-14(2,3)12(7-10-16)5-6-13(18)17-11-15(19)8-4-9-15/h12,19H,4-11,16H2,1-3H3,(H,17,18). The Morgan fingerprint density at radius 2 is 2.00 bits per heavy atom. The summed E-state index contributed by atoms with van der Waals surface area (Å²) >= 11 is 0. The third-order valence-electron chi connectivity index (χ3n) is 4.36. The highest BCUT2D eigenvalue weighted by Gasteiger charge is 2.34. The summed E-state index contributed by atoms with van der Waals surface area (Å²) < 4.78 is 0. The summed E-state index contributed by atoms with van der Waals surface area (Å²) in [5.41, 5.74) is 5.20. The zero-order valence-electron chi connectivity index (χ0n) is 12.7. The van der Waals surface area contributed by atoms with Crippen LogP contribution in [0.1, 0.15) is 59.3 Å². The monoisotopic (exact) mass is 270 g/mol. The van der Waals surface area contributed by atoms with Gasteiger partial charge in [-0.1, -0.05) is 20.8 Å². The molecule has 112 valence electrons. The van der Waals surface area contributed by atoms with Crippen molar-refractivity contribution in [2.45, 2.75) is 64.9 Å².